The Morgan fingerprint density at radius 1 is 1.24 bits per heavy atom. The molecule has 0 aliphatic rings. The molecule has 1 unspecified atom stereocenters. The van der Waals surface area contributed by atoms with Crippen molar-refractivity contribution in [2.75, 3.05) is 14.2 Å². The Balaban J connectivity index is 2.45. The average molecular weight is 421 g/mol. The molecule has 0 spiro atoms. The number of rotatable bonds is 5. The quantitative estimate of drug-likeness (QED) is 0.405. The zero-order valence-electron chi connectivity index (χ0n) is 11.1. The molecule has 0 saturated heterocycles. The van der Waals surface area contributed by atoms with E-state index in [0.29, 0.717) is 17.3 Å². The maximum absolute atomic E-state index is 10.7. The van der Waals surface area contributed by atoms with E-state index in [1.54, 1.807) is 32.4 Å². The third kappa shape index (κ3) is 3.21. The standard InChI is InChI=1S/C13H11Br2NO5/c1-19-10-6-8(14)11(20-2)5-7(10)13(15)9-3-4-12(21-9)16(17)18/h3-6,13H,1-2H3. The molecule has 1 aromatic heterocycles. The molecule has 8 heteroatoms. The molecule has 112 valence electrons. The van der Waals surface area contributed by atoms with E-state index in [9.17, 15) is 10.1 Å². The van der Waals surface area contributed by atoms with Gasteiger partial charge in [0.25, 0.3) is 0 Å². The molecule has 1 heterocycles. The highest BCUT2D eigenvalue weighted by Gasteiger charge is 2.23. The first kappa shape index (κ1) is 15.8. The van der Waals surface area contributed by atoms with Crippen molar-refractivity contribution in [2.24, 2.45) is 0 Å². The third-order valence-corrected chi connectivity index (χ3v) is 4.38. The lowest BCUT2D eigenvalue weighted by molar-refractivity contribution is -0.402. The van der Waals surface area contributed by atoms with Gasteiger partial charge in [0, 0.05) is 5.56 Å². The molecule has 2 aromatic rings. The summed E-state index contributed by atoms with van der Waals surface area (Å²) >= 11 is 6.85. The zero-order chi connectivity index (χ0) is 15.6. The molecule has 0 aliphatic heterocycles. The van der Waals surface area contributed by atoms with Gasteiger partial charge in [-0.3, -0.25) is 10.1 Å². The Bertz CT molecular complexity index is 671. The molecule has 0 bridgehead atoms. The summed E-state index contributed by atoms with van der Waals surface area (Å²) in [7, 11) is 3.10. The van der Waals surface area contributed by atoms with Crippen molar-refractivity contribution in [2.45, 2.75) is 4.83 Å². The molecule has 21 heavy (non-hydrogen) atoms. The molecular weight excluding hydrogens is 410 g/mol. The van der Waals surface area contributed by atoms with Crippen LogP contribution in [0.5, 0.6) is 11.5 Å². The van der Waals surface area contributed by atoms with Crippen molar-refractivity contribution < 1.29 is 18.8 Å². The van der Waals surface area contributed by atoms with Gasteiger partial charge in [-0.1, -0.05) is 15.9 Å². The van der Waals surface area contributed by atoms with Crippen molar-refractivity contribution >= 4 is 37.7 Å². The van der Waals surface area contributed by atoms with Crippen LogP contribution in [0.1, 0.15) is 16.2 Å². The normalized spacial score (nSPS) is 12.0. The molecule has 1 atom stereocenters. The predicted octanol–water partition coefficient (Wildman–Crippen LogP) is 4.45. The molecule has 2 rings (SSSR count). The van der Waals surface area contributed by atoms with Gasteiger partial charge in [0.05, 0.1) is 24.8 Å². The Labute approximate surface area is 137 Å². The van der Waals surface area contributed by atoms with Crippen LogP contribution in [0, 0.1) is 10.1 Å². The van der Waals surface area contributed by atoms with Crippen LogP contribution in [0.3, 0.4) is 0 Å². The van der Waals surface area contributed by atoms with Gasteiger partial charge in [-0.05, 0) is 34.1 Å². The number of hydrogen-bond acceptors (Lipinski definition) is 5. The van der Waals surface area contributed by atoms with Gasteiger partial charge in [0.15, 0.2) is 0 Å². The van der Waals surface area contributed by atoms with Crippen LogP contribution in [0.15, 0.2) is 33.2 Å². The van der Waals surface area contributed by atoms with Crippen molar-refractivity contribution in [1.82, 2.24) is 0 Å². The van der Waals surface area contributed by atoms with Gasteiger partial charge in [-0.25, -0.2) is 0 Å². The summed E-state index contributed by atoms with van der Waals surface area (Å²) in [5, 5.41) is 10.7. The van der Waals surface area contributed by atoms with E-state index in [0.717, 1.165) is 10.0 Å². The molecule has 0 fully saturated rings. The molecule has 0 amide bonds. The lowest BCUT2D eigenvalue weighted by atomic mass is 10.1. The molecule has 0 aliphatic carbocycles. The Hall–Kier alpha value is -1.54. The van der Waals surface area contributed by atoms with E-state index >= 15 is 0 Å². The summed E-state index contributed by atoms with van der Waals surface area (Å²) < 4.78 is 16.5. The van der Waals surface area contributed by atoms with Crippen LogP contribution in [0.4, 0.5) is 5.88 Å². The van der Waals surface area contributed by atoms with Crippen LogP contribution < -0.4 is 9.47 Å². The minimum Gasteiger partial charge on any atom is -0.496 e. The number of hydrogen-bond donors (Lipinski definition) is 0. The van der Waals surface area contributed by atoms with Gasteiger partial charge >= 0.3 is 5.88 Å². The van der Waals surface area contributed by atoms with Crippen molar-refractivity contribution in [3.63, 3.8) is 0 Å². The fourth-order valence-electron chi connectivity index (χ4n) is 1.81. The SMILES string of the molecule is COc1cc(C(Br)c2ccc([N+](=O)[O-])o2)c(OC)cc1Br. The number of nitrogens with zero attached hydrogens (tertiary/aromatic N) is 1. The van der Waals surface area contributed by atoms with Gasteiger partial charge in [0.1, 0.15) is 27.0 Å². The summed E-state index contributed by atoms with van der Waals surface area (Å²) in [5.74, 6) is 1.32. The van der Waals surface area contributed by atoms with Gasteiger partial charge < -0.3 is 13.9 Å². The zero-order valence-corrected chi connectivity index (χ0v) is 14.3. The number of nitro groups is 1. The van der Waals surface area contributed by atoms with Crippen molar-refractivity contribution in [1.29, 1.82) is 0 Å². The van der Waals surface area contributed by atoms with Crippen LogP contribution in [-0.4, -0.2) is 19.1 Å². The number of halogens is 2. The van der Waals surface area contributed by atoms with E-state index in [2.05, 4.69) is 31.9 Å². The summed E-state index contributed by atoms with van der Waals surface area (Å²) in [6.45, 7) is 0. The van der Waals surface area contributed by atoms with Gasteiger partial charge in [0.2, 0.25) is 0 Å². The van der Waals surface area contributed by atoms with E-state index < -0.39 is 9.75 Å². The highest BCUT2D eigenvalue weighted by Crippen LogP contribution is 2.42. The summed E-state index contributed by atoms with van der Waals surface area (Å²) in [4.78, 5) is 9.71. The highest BCUT2D eigenvalue weighted by molar-refractivity contribution is 9.10. The van der Waals surface area contributed by atoms with Gasteiger partial charge in [-0.2, -0.15) is 0 Å². The van der Waals surface area contributed by atoms with Crippen molar-refractivity contribution in [3.8, 4) is 11.5 Å². The van der Waals surface area contributed by atoms with Crippen LogP contribution >= 0.6 is 31.9 Å². The monoisotopic (exact) mass is 419 g/mol. The van der Waals surface area contributed by atoms with E-state index in [4.69, 9.17) is 13.9 Å². The Morgan fingerprint density at radius 3 is 2.43 bits per heavy atom. The van der Waals surface area contributed by atoms with Crippen LogP contribution in [0.2, 0.25) is 0 Å². The number of methoxy groups -OCH3 is 2. The van der Waals surface area contributed by atoms with E-state index in [1.807, 2.05) is 0 Å². The topological polar surface area (TPSA) is 74.7 Å². The molecule has 0 saturated carbocycles. The third-order valence-electron chi connectivity index (χ3n) is 2.82. The summed E-state index contributed by atoms with van der Waals surface area (Å²) in [5.41, 5.74) is 0.738. The van der Waals surface area contributed by atoms with E-state index in [-0.39, 0.29) is 5.88 Å². The minimum absolute atomic E-state index is 0.308. The molecule has 6 nitrogen and oxygen atoms in total. The second-order valence-corrected chi connectivity index (χ2v) is 5.79. The molecular formula is C13H11Br2NO5. The molecule has 1 aromatic carbocycles. The van der Waals surface area contributed by atoms with Crippen molar-refractivity contribution in [3.05, 3.63) is 50.2 Å². The predicted molar refractivity (Wildman–Crippen MR) is 83.4 cm³/mol. The maximum Gasteiger partial charge on any atom is 0.433 e. The number of benzene rings is 1. The second-order valence-electron chi connectivity index (χ2n) is 4.02. The smallest absolute Gasteiger partial charge is 0.433 e. The lowest BCUT2D eigenvalue weighted by Gasteiger charge is -2.15. The first-order valence-electron chi connectivity index (χ1n) is 5.77. The molecule has 0 N–H and O–H groups in total. The highest BCUT2D eigenvalue weighted by atomic mass is 79.9. The first-order valence-corrected chi connectivity index (χ1v) is 7.48. The first-order chi connectivity index (χ1) is 9.97. The van der Waals surface area contributed by atoms with Gasteiger partial charge in [-0.15, -0.1) is 0 Å². The Morgan fingerprint density at radius 2 is 1.90 bits per heavy atom. The number of alkyl halides is 1. The fraction of sp³-hybridized carbons (Fsp3) is 0.231. The number of ether oxygens (including phenoxy) is 2. The fourth-order valence-corrected chi connectivity index (χ4v) is 2.90. The minimum atomic E-state index is -0.581. The lowest BCUT2D eigenvalue weighted by Crippen LogP contribution is -1.98. The summed E-state index contributed by atoms with van der Waals surface area (Å²) in [6, 6.07) is 6.40. The van der Waals surface area contributed by atoms with E-state index in [1.165, 1.54) is 6.07 Å². The second kappa shape index (κ2) is 6.48. The number of furan rings is 1. The maximum atomic E-state index is 10.7. The van der Waals surface area contributed by atoms with Crippen LogP contribution in [0.25, 0.3) is 0 Å². The average Bonchev–Trinajstić information content (AvgIpc) is 2.96. The molecule has 0 radical (unpaired) electrons. The Kier molecular flexibility index (Phi) is 4.89. The summed E-state index contributed by atoms with van der Waals surface area (Å²) in [6.07, 6.45) is 0. The largest absolute Gasteiger partial charge is 0.496 e. The van der Waals surface area contributed by atoms with Crippen LogP contribution in [-0.2, 0) is 0 Å².